The predicted octanol–water partition coefficient (Wildman–Crippen LogP) is 1.19. The molecule has 0 spiro atoms. The van der Waals surface area contributed by atoms with Gasteiger partial charge in [-0.3, -0.25) is 9.59 Å². The summed E-state index contributed by atoms with van der Waals surface area (Å²) in [6.45, 7) is 1.05. The van der Waals surface area contributed by atoms with Gasteiger partial charge >= 0.3 is 0 Å². The first kappa shape index (κ1) is 17.8. The number of benzene rings is 1. The number of rotatable bonds is 9. The molecular formula is C15H22N2O5. The average molecular weight is 310 g/mol. The van der Waals surface area contributed by atoms with Gasteiger partial charge in [0.2, 0.25) is 11.8 Å². The van der Waals surface area contributed by atoms with E-state index in [1.807, 2.05) is 0 Å². The number of hydrogen-bond donors (Lipinski definition) is 2. The van der Waals surface area contributed by atoms with E-state index >= 15 is 0 Å². The first-order valence-corrected chi connectivity index (χ1v) is 6.88. The molecule has 2 N–H and O–H groups in total. The molecule has 1 aromatic carbocycles. The minimum absolute atomic E-state index is 0.235. The number of carbonyl (C=O) groups is 2. The van der Waals surface area contributed by atoms with Gasteiger partial charge in [-0.15, -0.1) is 0 Å². The molecule has 0 aliphatic carbocycles. The highest BCUT2D eigenvalue weighted by atomic mass is 16.5. The lowest BCUT2D eigenvalue weighted by Gasteiger charge is -2.10. The Bertz CT molecular complexity index is 505. The van der Waals surface area contributed by atoms with Gasteiger partial charge in [0, 0.05) is 32.0 Å². The highest BCUT2D eigenvalue weighted by Crippen LogP contribution is 2.29. The highest BCUT2D eigenvalue weighted by molar-refractivity contribution is 6.03. The van der Waals surface area contributed by atoms with Crippen molar-refractivity contribution in [2.24, 2.45) is 0 Å². The zero-order valence-electron chi connectivity index (χ0n) is 13.1. The van der Waals surface area contributed by atoms with E-state index in [4.69, 9.17) is 14.2 Å². The molecule has 0 aromatic heterocycles. The molecule has 0 bridgehead atoms. The van der Waals surface area contributed by atoms with Crippen LogP contribution in [0.4, 0.5) is 5.69 Å². The Labute approximate surface area is 129 Å². The normalized spacial score (nSPS) is 9.95. The van der Waals surface area contributed by atoms with Crippen LogP contribution in [0.3, 0.4) is 0 Å². The fourth-order valence-corrected chi connectivity index (χ4v) is 1.77. The van der Waals surface area contributed by atoms with Gasteiger partial charge in [0.1, 0.15) is 6.42 Å². The average Bonchev–Trinajstić information content (AvgIpc) is 2.51. The van der Waals surface area contributed by atoms with Crippen molar-refractivity contribution in [2.45, 2.75) is 12.8 Å². The van der Waals surface area contributed by atoms with Gasteiger partial charge < -0.3 is 24.8 Å². The summed E-state index contributed by atoms with van der Waals surface area (Å²) >= 11 is 0. The van der Waals surface area contributed by atoms with Crippen molar-refractivity contribution in [1.29, 1.82) is 0 Å². The minimum atomic E-state index is -0.392. The molecule has 1 rings (SSSR count). The summed E-state index contributed by atoms with van der Waals surface area (Å²) in [5, 5.41) is 5.29. The third-order valence-corrected chi connectivity index (χ3v) is 2.84. The van der Waals surface area contributed by atoms with E-state index in [0.29, 0.717) is 36.8 Å². The zero-order chi connectivity index (χ0) is 16.4. The maximum Gasteiger partial charge on any atom is 0.233 e. The largest absolute Gasteiger partial charge is 0.493 e. The van der Waals surface area contributed by atoms with Crippen molar-refractivity contribution in [3.8, 4) is 11.5 Å². The van der Waals surface area contributed by atoms with Crippen LogP contribution in [0.1, 0.15) is 12.8 Å². The van der Waals surface area contributed by atoms with Gasteiger partial charge in [0.15, 0.2) is 11.5 Å². The Balaban J connectivity index is 2.46. The van der Waals surface area contributed by atoms with E-state index in [0.717, 1.165) is 0 Å². The molecule has 0 fully saturated rings. The molecule has 7 heteroatoms. The van der Waals surface area contributed by atoms with E-state index in [1.165, 1.54) is 14.2 Å². The van der Waals surface area contributed by atoms with Crippen LogP contribution in [0, 0.1) is 0 Å². The van der Waals surface area contributed by atoms with Crippen LogP contribution in [-0.2, 0) is 14.3 Å². The topological polar surface area (TPSA) is 85.9 Å². The second kappa shape index (κ2) is 9.62. The molecular weight excluding hydrogens is 288 g/mol. The van der Waals surface area contributed by atoms with Crippen LogP contribution < -0.4 is 20.1 Å². The molecule has 1 aromatic rings. The molecule has 0 aliphatic heterocycles. The van der Waals surface area contributed by atoms with E-state index < -0.39 is 5.91 Å². The quantitative estimate of drug-likeness (QED) is 0.528. The Morgan fingerprint density at radius 1 is 1.05 bits per heavy atom. The summed E-state index contributed by atoms with van der Waals surface area (Å²) in [4.78, 5) is 23.4. The third kappa shape index (κ3) is 6.01. The Morgan fingerprint density at radius 2 is 1.77 bits per heavy atom. The first-order chi connectivity index (χ1) is 10.6. The molecule has 0 saturated carbocycles. The van der Waals surface area contributed by atoms with Crippen LogP contribution in [0.5, 0.6) is 11.5 Å². The smallest absolute Gasteiger partial charge is 0.233 e. The van der Waals surface area contributed by atoms with Crippen LogP contribution in [0.25, 0.3) is 0 Å². The number of carbonyl (C=O) groups excluding carboxylic acids is 2. The molecule has 0 aliphatic rings. The van der Waals surface area contributed by atoms with Crippen LogP contribution in [0.15, 0.2) is 18.2 Å². The van der Waals surface area contributed by atoms with Gasteiger partial charge in [0.25, 0.3) is 0 Å². The fraction of sp³-hybridized carbons (Fsp3) is 0.467. The van der Waals surface area contributed by atoms with Gasteiger partial charge in [-0.1, -0.05) is 0 Å². The molecule has 0 heterocycles. The number of amides is 2. The second-order valence-corrected chi connectivity index (χ2v) is 4.49. The summed E-state index contributed by atoms with van der Waals surface area (Å²) in [5.74, 6) is 0.353. The molecule has 0 atom stereocenters. The molecule has 7 nitrogen and oxygen atoms in total. The molecule has 22 heavy (non-hydrogen) atoms. The van der Waals surface area contributed by atoms with Crippen molar-refractivity contribution in [1.82, 2.24) is 5.32 Å². The van der Waals surface area contributed by atoms with Crippen molar-refractivity contribution >= 4 is 17.5 Å². The van der Waals surface area contributed by atoms with Crippen LogP contribution in [-0.4, -0.2) is 46.3 Å². The summed E-state index contributed by atoms with van der Waals surface area (Å²) in [7, 11) is 4.64. The van der Waals surface area contributed by atoms with Crippen molar-refractivity contribution in [2.75, 3.05) is 39.8 Å². The zero-order valence-corrected chi connectivity index (χ0v) is 13.1. The van der Waals surface area contributed by atoms with E-state index in [2.05, 4.69) is 10.6 Å². The van der Waals surface area contributed by atoms with Crippen molar-refractivity contribution in [3.05, 3.63) is 18.2 Å². The fourth-order valence-electron chi connectivity index (χ4n) is 1.77. The third-order valence-electron chi connectivity index (χ3n) is 2.84. The van der Waals surface area contributed by atoms with Gasteiger partial charge in [-0.2, -0.15) is 0 Å². The number of anilines is 1. The monoisotopic (exact) mass is 310 g/mol. The van der Waals surface area contributed by atoms with Gasteiger partial charge in [-0.05, 0) is 18.6 Å². The molecule has 2 amide bonds. The van der Waals surface area contributed by atoms with E-state index in [9.17, 15) is 9.59 Å². The van der Waals surface area contributed by atoms with E-state index in [-0.39, 0.29) is 12.3 Å². The Hall–Kier alpha value is -2.28. The van der Waals surface area contributed by atoms with Crippen molar-refractivity contribution < 1.29 is 23.8 Å². The summed E-state index contributed by atoms with van der Waals surface area (Å²) in [6, 6.07) is 4.99. The van der Waals surface area contributed by atoms with E-state index in [1.54, 1.807) is 25.3 Å². The molecule has 122 valence electrons. The van der Waals surface area contributed by atoms with Gasteiger partial charge in [0.05, 0.1) is 14.2 Å². The maximum atomic E-state index is 11.8. The maximum absolute atomic E-state index is 11.8. The van der Waals surface area contributed by atoms with Gasteiger partial charge in [-0.25, -0.2) is 0 Å². The lowest BCUT2D eigenvalue weighted by atomic mass is 10.2. The SMILES string of the molecule is COCCCNC(=O)CC(=O)Nc1ccc(OC)c(OC)c1. The standard InChI is InChI=1S/C15H22N2O5/c1-20-8-4-7-16-14(18)10-15(19)17-11-5-6-12(21-2)13(9-11)22-3/h5-6,9H,4,7-8,10H2,1-3H3,(H,16,18)(H,17,19). The summed E-state index contributed by atoms with van der Waals surface area (Å²) in [5.41, 5.74) is 0.537. The summed E-state index contributed by atoms with van der Waals surface area (Å²) in [6.07, 6.45) is 0.473. The number of hydrogen-bond acceptors (Lipinski definition) is 5. The summed E-state index contributed by atoms with van der Waals surface area (Å²) < 4.78 is 15.1. The lowest BCUT2D eigenvalue weighted by molar-refractivity contribution is -0.126. The lowest BCUT2D eigenvalue weighted by Crippen LogP contribution is -2.29. The Kier molecular flexibility index (Phi) is 7.77. The molecule has 0 radical (unpaired) electrons. The van der Waals surface area contributed by atoms with Crippen LogP contribution in [0.2, 0.25) is 0 Å². The number of methoxy groups -OCH3 is 3. The first-order valence-electron chi connectivity index (χ1n) is 6.88. The molecule has 0 saturated heterocycles. The predicted molar refractivity (Wildman–Crippen MR) is 82.3 cm³/mol. The minimum Gasteiger partial charge on any atom is -0.493 e. The van der Waals surface area contributed by atoms with Crippen molar-refractivity contribution in [3.63, 3.8) is 0 Å². The highest BCUT2D eigenvalue weighted by Gasteiger charge is 2.11. The number of nitrogens with one attached hydrogen (secondary N) is 2. The van der Waals surface area contributed by atoms with Crippen LogP contribution >= 0.6 is 0 Å². The second-order valence-electron chi connectivity index (χ2n) is 4.49. The molecule has 0 unspecified atom stereocenters. The number of ether oxygens (including phenoxy) is 3. The Morgan fingerprint density at radius 3 is 2.41 bits per heavy atom.